The summed E-state index contributed by atoms with van der Waals surface area (Å²) >= 11 is 0. The number of furan rings is 1. The topological polar surface area (TPSA) is 16.4 Å². The van der Waals surface area contributed by atoms with Gasteiger partial charge >= 0.3 is 0 Å². The molecule has 2 heteroatoms. The molecule has 58 heavy (non-hydrogen) atoms. The van der Waals surface area contributed by atoms with Crippen LogP contribution in [0, 0.1) is 0 Å². The Bertz CT molecular complexity index is 3260. The molecule has 11 rings (SSSR count). The first-order valence-electron chi connectivity index (χ1n) is 19.8. The fourth-order valence-corrected chi connectivity index (χ4v) is 8.71. The fraction of sp³-hybridized carbons (Fsp3) is 0. The summed E-state index contributed by atoms with van der Waals surface area (Å²) in [5, 5.41) is 7.09. The number of hydrogen-bond donors (Lipinski definition) is 0. The third-order valence-electron chi connectivity index (χ3n) is 11.5. The molecule has 0 spiro atoms. The zero-order valence-corrected chi connectivity index (χ0v) is 31.7. The van der Waals surface area contributed by atoms with Crippen molar-refractivity contribution in [3.8, 4) is 44.5 Å². The Balaban J connectivity index is 1.09. The van der Waals surface area contributed by atoms with Gasteiger partial charge in [0, 0.05) is 39.5 Å². The first kappa shape index (κ1) is 33.6. The van der Waals surface area contributed by atoms with Gasteiger partial charge in [-0.1, -0.05) is 182 Å². The van der Waals surface area contributed by atoms with Crippen molar-refractivity contribution < 1.29 is 4.42 Å². The van der Waals surface area contributed by atoms with E-state index >= 15 is 0 Å². The summed E-state index contributed by atoms with van der Waals surface area (Å²) in [6, 6.07) is 80.6. The lowest BCUT2D eigenvalue weighted by molar-refractivity contribution is 0.670. The van der Waals surface area contributed by atoms with E-state index in [0.717, 1.165) is 50.1 Å². The van der Waals surface area contributed by atoms with Gasteiger partial charge in [-0.05, 0) is 96.9 Å². The number of anilines is 3. The summed E-state index contributed by atoms with van der Waals surface area (Å²) in [5.74, 6) is 0. The van der Waals surface area contributed by atoms with Crippen molar-refractivity contribution in [3.63, 3.8) is 0 Å². The smallest absolute Gasteiger partial charge is 0.143 e. The minimum Gasteiger partial charge on any atom is -0.455 e. The molecule has 1 aromatic heterocycles. The van der Waals surface area contributed by atoms with E-state index in [1.807, 2.05) is 0 Å². The molecule has 2 nitrogen and oxygen atoms in total. The van der Waals surface area contributed by atoms with Gasteiger partial charge in [-0.2, -0.15) is 0 Å². The summed E-state index contributed by atoms with van der Waals surface area (Å²) in [6.45, 7) is 0. The fourth-order valence-electron chi connectivity index (χ4n) is 8.71. The zero-order valence-electron chi connectivity index (χ0n) is 31.7. The van der Waals surface area contributed by atoms with Crippen molar-refractivity contribution in [2.24, 2.45) is 0 Å². The average Bonchev–Trinajstić information content (AvgIpc) is 3.68. The molecule has 0 N–H and O–H groups in total. The van der Waals surface area contributed by atoms with Gasteiger partial charge in [-0.25, -0.2) is 0 Å². The highest BCUT2D eigenvalue weighted by atomic mass is 16.3. The molecular weight excluding hydrogens is 703 g/mol. The van der Waals surface area contributed by atoms with Crippen LogP contribution in [0.1, 0.15) is 0 Å². The van der Waals surface area contributed by atoms with Gasteiger partial charge in [0.15, 0.2) is 0 Å². The second-order valence-electron chi connectivity index (χ2n) is 14.9. The standard InChI is InChI=1S/C56H37NO/c1-4-14-38(15-5-1)47-23-12-21-41-28-32-45(36-53(41)47)57(46-33-35-51-52-25-13-24-50(39-16-6-2-7-17-39)56(52)58-54(51)37-46)44-30-26-42(27-31-44)49-34-29-40-18-10-11-22-48(40)55(49)43-19-8-3-9-20-43/h1-37H. The minimum absolute atomic E-state index is 0.854. The average molecular weight is 740 g/mol. The van der Waals surface area contributed by atoms with Gasteiger partial charge in [0.2, 0.25) is 0 Å². The zero-order chi connectivity index (χ0) is 38.4. The lowest BCUT2D eigenvalue weighted by Crippen LogP contribution is -2.10. The molecule has 0 amide bonds. The van der Waals surface area contributed by atoms with E-state index in [-0.39, 0.29) is 0 Å². The largest absolute Gasteiger partial charge is 0.455 e. The molecule has 1 heterocycles. The molecule has 10 aromatic carbocycles. The van der Waals surface area contributed by atoms with Crippen LogP contribution in [0.15, 0.2) is 229 Å². The lowest BCUT2D eigenvalue weighted by Gasteiger charge is -2.26. The predicted octanol–water partition coefficient (Wildman–Crippen LogP) is 16.0. The Morgan fingerprint density at radius 3 is 1.60 bits per heavy atom. The van der Waals surface area contributed by atoms with Crippen LogP contribution < -0.4 is 4.90 Å². The molecule has 0 aliphatic heterocycles. The van der Waals surface area contributed by atoms with Crippen molar-refractivity contribution >= 4 is 60.5 Å². The highest BCUT2D eigenvalue weighted by molar-refractivity contribution is 6.11. The lowest BCUT2D eigenvalue weighted by atomic mass is 9.90. The van der Waals surface area contributed by atoms with E-state index in [1.165, 1.54) is 54.9 Å². The van der Waals surface area contributed by atoms with Gasteiger partial charge in [-0.3, -0.25) is 0 Å². The van der Waals surface area contributed by atoms with Gasteiger partial charge in [0.1, 0.15) is 11.2 Å². The first-order chi connectivity index (χ1) is 28.8. The SMILES string of the molecule is c1ccc(-c2cccc3ccc(N(c4ccc(-c5ccc6ccccc6c5-c5ccccc5)cc4)c4ccc5c(c4)oc4c(-c6ccccc6)cccc45)cc23)cc1. The molecule has 0 saturated heterocycles. The monoisotopic (exact) mass is 739 g/mol. The Hall–Kier alpha value is -7.68. The van der Waals surface area contributed by atoms with Crippen molar-refractivity contribution in [2.75, 3.05) is 4.90 Å². The summed E-state index contributed by atoms with van der Waals surface area (Å²) < 4.78 is 6.79. The van der Waals surface area contributed by atoms with Crippen LogP contribution in [-0.2, 0) is 0 Å². The molecular formula is C56H37NO. The first-order valence-corrected chi connectivity index (χ1v) is 19.8. The van der Waals surface area contributed by atoms with Gasteiger partial charge in [0.25, 0.3) is 0 Å². The second kappa shape index (κ2) is 14.1. The van der Waals surface area contributed by atoms with Crippen molar-refractivity contribution in [2.45, 2.75) is 0 Å². The van der Waals surface area contributed by atoms with Crippen LogP contribution in [0.2, 0.25) is 0 Å². The predicted molar refractivity (Wildman–Crippen MR) is 245 cm³/mol. The van der Waals surface area contributed by atoms with Crippen molar-refractivity contribution in [1.29, 1.82) is 0 Å². The van der Waals surface area contributed by atoms with E-state index in [2.05, 4.69) is 229 Å². The number of hydrogen-bond acceptors (Lipinski definition) is 2. The quantitative estimate of drug-likeness (QED) is 0.162. The molecule has 0 atom stereocenters. The Morgan fingerprint density at radius 2 is 0.828 bits per heavy atom. The Morgan fingerprint density at radius 1 is 0.293 bits per heavy atom. The summed E-state index contributed by atoms with van der Waals surface area (Å²) in [4.78, 5) is 2.36. The molecule has 0 bridgehead atoms. The highest BCUT2D eigenvalue weighted by Crippen LogP contribution is 2.44. The third kappa shape index (κ3) is 5.82. The molecule has 0 aliphatic rings. The van der Waals surface area contributed by atoms with Crippen LogP contribution in [0.4, 0.5) is 17.1 Å². The number of para-hydroxylation sites is 1. The molecule has 0 saturated carbocycles. The van der Waals surface area contributed by atoms with E-state index in [9.17, 15) is 0 Å². The number of nitrogens with zero attached hydrogens (tertiary/aromatic N) is 1. The normalized spacial score (nSPS) is 11.4. The van der Waals surface area contributed by atoms with Crippen molar-refractivity contribution in [1.82, 2.24) is 0 Å². The molecule has 0 radical (unpaired) electrons. The van der Waals surface area contributed by atoms with Crippen LogP contribution in [-0.4, -0.2) is 0 Å². The van der Waals surface area contributed by atoms with Gasteiger partial charge < -0.3 is 9.32 Å². The van der Waals surface area contributed by atoms with Crippen LogP contribution in [0.3, 0.4) is 0 Å². The minimum atomic E-state index is 0.854. The molecule has 0 aliphatic carbocycles. The molecule has 0 fully saturated rings. The molecule has 272 valence electrons. The van der Waals surface area contributed by atoms with Gasteiger partial charge in [-0.15, -0.1) is 0 Å². The Kier molecular flexibility index (Phi) is 8.19. The number of fused-ring (bicyclic) bond motifs is 5. The maximum atomic E-state index is 6.79. The Labute approximate surface area is 337 Å². The van der Waals surface area contributed by atoms with E-state index in [1.54, 1.807) is 0 Å². The number of benzene rings is 10. The maximum absolute atomic E-state index is 6.79. The highest BCUT2D eigenvalue weighted by Gasteiger charge is 2.19. The van der Waals surface area contributed by atoms with Crippen LogP contribution >= 0.6 is 0 Å². The second-order valence-corrected chi connectivity index (χ2v) is 14.9. The number of rotatable bonds is 7. The molecule has 0 unspecified atom stereocenters. The van der Waals surface area contributed by atoms with Gasteiger partial charge in [0.05, 0.1) is 0 Å². The third-order valence-corrected chi connectivity index (χ3v) is 11.5. The maximum Gasteiger partial charge on any atom is 0.143 e. The summed E-state index contributed by atoms with van der Waals surface area (Å²) in [5.41, 5.74) is 14.4. The van der Waals surface area contributed by atoms with Crippen molar-refractivity contribution in [3.05, 3.63) is 224 Å². The summed E-state index contributed by atoms with van der Waals surface area (Å²) in [7, 11) is 0. The van der Waals surface area contributed by atoms with Crippen LogP contribution in [0.25, 0.3) is 88.0 Å². The van der Waals surface area contributed by atoms with E-state index < -0.39 is 0 Å². The molecule has 11 aromatic rings. The van der Waals surface area contributed by atoms with E-state index in [0.29, 0.717) is 0 Å². The van der Waals surface area contributed by atoms with Crippen LogP contribution in [0.5, 0.6) is 0 Å². The summed E-state index contributed by atoms with van der Waals surface area (Å²) in [6.07, 6.45) is 0. The van der Waals surface area contributed by atoms with E-state index in [4.69, 9.17) is 4.42 Å².